The molecule has 3 aromatic rings. The van der Waals surface area contributed by atoms with Crippen LogP contribution in [0.5, 0.6) is 0 Å². The summed E-state index contributed by atoms with van der Waals surface area (Å²) in [6.07, 6.45) is 8.72. The highest BCUT2D eigenvalue weighted by atomic mass is 16.3. The maximum Gasteiger partial charge on any atom is 0.274 e. The van der Waals surface area contributed by atoms with E-state index in [0.717, 1.165) is 86.2 Å². The zero-order chi connectivity index (χ0) is 27.6. The van der Waals surface area contributed by atoms with Gasteiger partial charge >= 0.3 is 0 Å². The molecule has 40 heavy (non-hydrogen) atoms. The van der Waals surface area contributed by atoms with Gasteiger partial charge in [-0.1, -0.05) is 12.1 Å². The average molecular weight is 539 g/mol. The van der Waals surface area contributed by atoms with Gasteiger partial charge in [-0.2, -0.15) is 0 Å². The molecule has 206 valence electrons. The molecule has 0 spiro atoms. The van der Waals surface area contributed by atoms with Gasteiger partial charge in [0.05, 0.1) is 24.0 Å². The molecule has 2 fully saturated rings. The SMILES string of the molecule is C[C@@H]1N=C(C(=O)Nc2ccc(C(=O)N3CCCC3)nc2)c2cc(-c3cncc(CN4CCC(O)CC4)c3)ccc21. The highest BCUT2D eigenvalue weighted by Crippen LogP contribution is 2.33. The monoisotopic (exact) mass is 538 g/mol. The Balaban J connectivity index is 1.17. The number of carbonyl (C=O) groups is 2. The number of nitrogens with one attached hydrogen (secondary N) is 1. The molecule has 0 saturated carbocycles. The Labute approximate surface area is 234 Å². The van der Waals surface area contributed by atoms with Crippen molar-refractivity contribution in [3.63, 3.8) is 0 Å². The summed E-state index contributed by atoms with van der Waals surface area (Å²) in [6.45, 7) is 6.07. The zero-order valence-corrected chi connectivity index (χ0v) is 22.7. The van der Waals surface area contributed by atoms with E-state index in [1.165, 1.54) is 6.20 Å². The van der Waals surface area contributed by atoms with Crippen molar-refractivity contribution in [1.82, 2.24) is 19.8 Å². The lowest BCUT2D eigenvalue weighted by Crippen LogP contribution is -2.35. The van der Waals surface area contributed by atoms with Crippen molar-refractivity contribution in [3.05, 3.63) is 77.4 Å². The number of aliphatic hydroxyl groups is 1. The van der Waals surface area contributed by atoms with E-state index in [9.17, 15) is 14.7 Å². The van der Waals surface area contributed by atoms with Crippen molar-refractivity contribution in [2.24, 2.45) is 4.99 Å². The van der Waals surface area contributed by atoms with Crippen LogP contribution in [0.2, 0.25) is 0 Å². The highest BCUT2D eigenvalue weighted by molar-refractivity contribution is 6.50. The minimum atomic E-state index is -0.303. The zero-order valence-electron chi connectivity index (χ0n) is 22.7. The molecule has 0 bridgehead atoms. The predicted molar refractivity (Wildman–Crippen MR) is 153 cm³/mol. The number of aromatic nitrogens is 2. The van der Waals surface area contributed by atoms with E-state index in [4.69, 9.17) is 0 Å². The summed E-state index contributed by atoms with van der Waals surface area (Å²) in [5.74, 6) is -0.374. The second-order valence-corrected chi connectivity index (χ2v) is 10.9. The topological polar surface area (TPSA) is 111 Å². The Kier molecular flexibility index (Phi) is 7.40. The number of nitrogens with zero attached hydrogens (tertiary/aromatic N) is 5. The molecule has 5 heterocycles. The second kappa shape index (κ2) is 11.3. The minimum absolute atomic E-state index is 0.0703. The van der Waals surface area contributed by atoms with Crippen molar-refractivity contribution in [3.8, 4) is 11.1 Å². The molecular weight excluding hydrogens is 504 g/mol. The molecule has 9 heteroatoms. The Morgan fingerprint density at radius 2 is 1.77 bits per heavy atom. The Bertz CT molecular complexity index is 1440. The predicted octanol–water partition coefficient (Wildman–Crippen LogP) is 3.84. The summed E-state index contributed by atoms with van der Waals surface area (Å²) in [5, 5.41) is 12.7. The van der Waals surface area contributed by atoms with Crippen LogP contribution < -0.4 is 5.32 Å². The lowest BCUT2D eigenvalue weighted by Gasteiger charge is -2.29. The van der Waals surface area contributed by atoms with Gasteiger partial charge in [-0.3, -0.25) is 24.5 Å². The number of fused-ring (bicyclic) bond motifs is 1. The van der Waals surface area contributed by atoms with Crippen LogP contribution in [0.4, 0.5) is 5.69 Å². The summed E-state index contributed by atoms with van der Waals surface area (Å²) in [4.78, 5) is 43.5. The van der Waals surface area contributed by atoms with Gasteiger partial charge in [0.2, 0.25) is 0 Å². The summed E-state index contributed by atoms with van der Waals surface area (Å²) < 4.78 is 0. The maximum atomic E-state index is 13.3. The third-order valence-corrected chi connectivity index (χ3v) is 8.02. The van der Waals surface area contributed by atoms with Gasteiger partial charge in [-0.05, 0) is 73.6 Å². The molecular formula is C31H34N6O3. The van der Waals surface area contributed by atoms with Gasteiger partial charge in [0, 0.05) is 56.2 Å². The fourth-order valence-corrected chi connectivity index (χ4v) is 5.75. The highest BCUT2D eigenvalue weighted by Gasteiger charge is 2.28. The average Bonchev–Trinajstić information content (AvgIpc) is 3.63. The molecule has 6 rings (SSSR count). The first kappa shape index (κ1) is 26.3. The van der Waals surface area contributed by atoms with Gasteiger partial charge in [0.15, 0.2) is 0 Å². The van der Waals surface area contributed by atoms with Crippen molar-refractivity contribution >= 4 is 23.2 Å². The van der Waals surface area contributed by atoms with Crippen LogP contribution in [0.1, 0.15) is 65.8 Å². The molecule has 0 unspecified atom stereocenters. The molecule has 2 saturated heterocycles. The number of aliphatic hydroxyl groups excluding tert-OH is 1. The first-order valence-electron chi connectivity index (χ1n) is 14.1. The van der Waals surface area contributed by atoms with Crippen LogP contribution in [0.15, 0.2) is 60.0 Å². The van der Waals surface area contributed by atoms with E-state index in [2.05, 4.69) is 37.3 Å². The molecule has 9 nitrogen and oxygen atoms in total. The molecule has 0 radical (unpaired) electrons. The number of amides is 2. The largest absolute Gasteiger partial charge is 0.393 e. The maximum absolute atomic E-state index is 13.3. The van der Waals surface area contributed by atoms with Gasteiger partial charge in [0.25, 0.3) is 11.8 Å². The lowest BCUT2D eigenvalue weighted by molar-refractivity contribution is -0.110. The van der Waals surface area contributed by atoms with E-state index < -0.39 is 0 Å². The quantitative estimate of drug-likeness (QED) is 0.494. The van der Waals surface area contributed by atoms with Crippen molar-refractivity contribution in [2.45, 2.75) is 51.3 Å². The molecule has 0 aliphatic carbocycles. The van der Waals surface area contributed by atoms with Crippen molar-refractivity contribution < 1.29 is 14.7 Å². The summed E-state index contributed by atoms with van der Waals surface area (Å²) in [6, 6.07) is 11.5. The van der Waals surface area contributed by atoms with E-state index in [1.807, 2.05) is 36.4 Å². The number of aliphatic imine (C=N–C) groups is 1. The number of likely N-dealkylation sites (tertiary alicyclic amines) is 2. The van der Waals surface area contributed by atoms with E-state index in [0.29, 0.717) is 17.1 Å². The Morgan fingerprint density at radius 1 is 0.975 bits per heavy atom. The van der Waals surface area contributed by atoms with Gasteiger partial charge in [-0.25, -0.2) is 4.98 Å². The summed E-state index contributed by atoms with van der Waals surface area (Å²) >= 11 is 0. The molecule has 1 atom stereocenters. The fourth-order valence-electron chi connectivity index (χ4n) is 5.75. The van der Waals surface area contributed by atoms with Crippen LogP contribution in [0, 0.1) is 0 Å². The Morgan fingerprint density at radius 3 is 2.52 bits per heavy atom. The van der Waals surface area contributed by atoms with Crippen LogP contribution in [-0.2, 0) is 11.3 Å². The van der Waals surface area contributed by atoms with E-state index in [1.54, 1.807) is 12.1 Å². The van der Waals surface area contributed by atoms with Crippen LogP contribution >= 0.6 is 0 Å². The summed E-state index contributed by atoms with van der Waals surface area (Å²) in [5.41, 5.74) is 6.19. The van der Waals surface area contributed by atoms with Crippen LogP contribution in [0.3, 0.4) is 0 Å². The smallest absolute Gasteiger partial charge is 0.274 e. The number of hydrogen-bond acceptors (Lipinski definition) is 7. The molecule has 1 aromatic carbocycles. The van der Waals surface area contributed by atoms with Gasteiger partial charge in [0.1, 0.15) is 11.4 Å². The normalized spacial score (nSPS) is 19.4. The van der Waals surface area contributed by atoms with Gasteiger partial charge < -0.3 is 15.3 Å². The fraction of sp³-hybridized carbons (Fsp3) is 0.387. The van der Waals surface area contributed by atoms with Crippen molar-refractivity contribution in [2.75, 3.05) is 31.5 Å². The second-order valence-electron chi connectivity index (χ2n) is 10.9. The van der Waals surface area contributed by atoms with Crippen LogP contribution in [0.25, 0.3) is 11.1 Å². The lowest BCUT2D eigenvalue weighted by atomic mass is 9.96. The third-order valence-electron chi connectivity index (χ3n) is 8.02. The number of piperidine rings is 1. The third kappa shape index (κ3) is 5.52. The molecule has 2 amide bonds. The molecule has 2 N–H and O–H groups in total. The van der Waals surface area contributed by atoms with E-state index in [-0.39, 0.29) is 24.0 Å². The number of hydrogen-bond donors (Lipinski definition) is 2. The number of pyridine rings is 2. The summed E-state index contributed by atoms with van der Waals surface area (Å²) in [7, 11) is 0. The standard InChI is InChI=1S/C31H34N6O3/c1-20-26-6-4-22(23-14-21(16-32-17-23)19-36-12-8-25(38)9-13-36)15-27(26)29(34-20)30(39)35-24-5-7-28(33-18-24)31(40)37-10-2-3-11-37/h4-7,14-18,20,25,38H,2-3,8-13,19H2,1H3,(H,35,39)/t20-/m0/s1. The molecule has 3 aliphatic heterocycles. The van der Waals surface area contributed by atoms with Crippen LogP contribution in [-0.4, -0.2) is 74.7 Å². The Hall–Kier alpha value is -3.95. The van der Waals surface area contributed by atoms with E-state index >= 15 is 0 Å². The first-order chi connectivity index (χ1) is 19.4. The molecule has 2 aromatic heterocycles. The minimum Gasteiger partial charge on any atom is -0.393 e. The first-order valence-corrected chi connectivity index (χ1v) is 14.1. The van der Waals surface area contributed by atoms with Gasteiger partial charge in [-0.15, -0.1) is 0 Å². The molecule has 3 aliphatic rings. The number of anilines is 1. The number of rotatable bonds is 6. The number of carbonyl (C=O) groups excluding carboxylic acids is 2. The number of benzene rings is 1. The van der Waals surface area contributed by atoms with Crippen molar-refractivity contribution in [1.29, 1.82) is 0 Å².